The number of hydrazine groups is 1. The second-order valence-electron chi connectivity index (χ2n) is 17.6. The maximum absolute atomic E-state index is 13.6. The smallest absolute Gasteiger partial charge is 0.312 e. The van der Waals surface area contributed by atoms with E-state index in [0.717, 1.165) is 22.4 Å². The maximum Gasteiger partial charge on any atom is 0.312 e. The van der Waals surface area contributed by atoms with E-state index in [1.807, 2.05) is 81.1 Å². The number of nitrogens with two attached hydrogens (primary N) is 4. The van der Waals surface area contributed by atoms with Crippen molar-refractivity contribution in [2.24, 2.45) is 34.9 Å². The summed E-state index contributed by atoms with van der Waals surface area (Å²) in [5.74, 6) is 4.84. The van der Waals surface area contributed by atoms with Crippen LogP contribution in [-0.2, 0) is 49.5 Å². The number of benzene rings is 2. The molecule has 0 aliphatic carbocycles. The van der Waals surface area contributed by atoms with Gasteiger partial charge in [-0.1, -0.05) is 84.0 Å². The van der Waals surface area contributed by atoms with E-state index in [0.29, 0.717) is 96.2 Å². The van der Waals surface area contributed by atoms with Crippen LogP contribution >= 0.6 is 0 Å². The molecule has 0 saturated heterocycles. The van der Waals surface area contributed by atoms with Crippen molar-refractivity contribution in [3.63, 3.8) is 0 Å². The molecule has 0 saturated carbocycles. The number of hydrogen-bond acceptors (Lipinski definition) is 14. The number of anilines is 1. The van der Waals surface area contributed by atoms with Crippen molar-refractivity contribution in [2.75, 3.05) is 77.4 Å². The third-order valence-electron chi connectivity index (χ3n) is 11.2. The van der Waals surface area contributed by atoms with Gasteiger partial charge in [0.05, 0.1) is 89.1 Å². The van der Waals surface area contributed by atoms with E-state index in [9.17, 15) is 28.8 Å². The van der Waals surface area contributed by atoms with Gasteiger partial charge in [-0.05, 0) is 69.0 Å². The Hall–Kier alpha value is -5.64. The first-order chi connectivity index (χ1) is 34.0. The molecule has 0 fully saturated rings. The van der Waals surface area contributed by atoms with Crippen LogP contribution in [0.5, 0.6) is 0 Å². The number of carbonyl (C=O) groups excluding carboxylic acids is 6. The van der Waals surface area contributed by atoms with Crippen molar-refractivity contribution in [1.29, 1.82) is 0 Å². The minimum absolute atomic E-state index is 0.00498. The summed E-state index contributed by atoms with van der Waals surface area (Å²) in [5.41, 5.74) is 22.0. The molecule has 1 aliphatic heterocycles. The Labute approximate surface area is 421 Å². The number of nitrogens with one attached hydrogen (secondary N) is 4. The molecule has 0 radical (unpaired) electrons. The summed E-state index contributed by atoms with van der Waals surface area (Å²) in [5, 5.41) is 12.3. The molecule has 2 aromatic rings. The van der Waals surface area contributed by atoms with Gasteiger partial charge in [-0.25, -0.2) is 10.6 Å². The number of amides is 6. The quantitative estimate of drug-likeness (QED) is 0.0289. The van der Waals surface area contributed by atoms with Gasteiger partial charge in [0.15, 0.2) is 5.78 Å². The molecule has 20 nitrogen and oxygen atoms in total. The van der Waals surface area contributed by atoms with Crippen LogP contribution in [0.4, 0.5) is 10.5 Å². The molecule has 6 amide bonds. The van der Waals surface area contributed by atoms with Crippen LogP contribution in [0.1, 0.15) is 110 Å². The number of urea groups is 1. The number of para-hydroxylation sites is 1. The number of unbranched alkanes of at least 4 members (excludes halogenated alkanes) is 1. The Bertz CT molecular complexity index is 1980. The molecular formula is C51H84N10O10. The van der Waals surface area contributed by atoms with Gasteiger partial charge in [-0.15, -0.1) is 0 Å². The number of nitrogens with zero attached hydrogens (tertiary/aromatic N) is 2. The van der Waals surface area contributed by atoms with E-state index in [4.69, 9.17) is 42.0 Å². The number of Topliss-reactive ketones (excluding diaryl/α,β-unsaturated/α-hetero) is 1. The van der Waals surface area contributed by atoms with E-state index in [1.165, 1.54) is 6.92 Å². The summed E-state index contributed by atoms with van der Waals surface area (Å²) in [4.78, 5) is 78.2. The average Bonchev–Trinajstić information content (AvgIpc) is 3.33. The van der Waals surface area contributed by atoms with Gasteiger partial charge in [-0.2, -0.15) is 0 Å². The van der Waals surface area contributed by atoms with Crippen molar-refractivity contribution in [1.82, 2.24) is 26.3 Å². The predicted octanol–water partition coefficient (Wildman–Crippen LogP) is 3.30. The lowest BCUT2D eigenvalue weighted by Crippen LogP contribution is -2.57. The van der Waals surface area contributed by atoms with Gasteiger partial charge in [0, 0.05) is 30.5 Å². The average molecular weight is 997 g/mol. The zero-order valence-corrected chi connectivity index (χ0v) is 43.2. The first-order valence-corrected chi connectivity index (χ1v) is 25.0. The van der Waals surface area contributed by atoms with Crippen LogP contribution in [0.3, 0.4) is 0 Å². The lowest BCUT2D eigenvalue weighted by Gasteiger charge is -2.33. The summed E-state index contributed by atoms with van der Waals surface area (Å²) in [6, 6.07) is 12.1. The summed E-state index contributed by atoms with van der Waals surface area (Å²) in [6.07, 6.45) is 2.58. The Morgan fingerprint density at radius 1 is 0.718 bits per heavy atom. The molecule has 20 heteroatoms. The van der Waals surface area contributed by atoms with Crippen LogP contribution in [0, 0.1) is 11.8 Å². The van der Waals surface area contributed by atoms with Crippen molar-refractivity contribution in [2.45, 2.75) is 118 Å². The fourth-order valence-corrected chi connectivity index (χ4v) is 7.52. The number of ether oxygens (including phenoxy) is 4. The maximum atomic E-state index is 13.6. The van der Waals surface area contributed by atoms with E-state index < -0.39 is 41.9 Å². The number of primary amides is 1. The van der Waals surface area contributed by atoms with Gasteiger partial charge in [0.1, 0.15) is 12.1 Å². The minimum Gasteiger partial charge on any atom is -0.396 e. The SMILES string of the molecule is CC.CC(=O)C(CCCNC(N)=O)NC(=O)C(NC(=O)C(CCCCN)NC(=O)CCOCCOCCOCCOCCN(N)/C1=C(\N)c2ccccc2CN(C(=O)CC(C)C)c2ccccc21)C(C)C. The lowest BCUT2D eigenvalue weighted by atomic mass is 9.95. The highest BCUT2D eigenvalue weighted by Gasteiger charge is 2.31. The zero-order valence-electron chi connectivity index (χ0n) is 43.2. The Kier molecular flexibility index (Phi) is 30.0. The summed E-state index contributed by atoms with van der Waals surface area (Å²) >= 11 is 0. The highest BCUT2D eigenvalue weighted by Crippen LogP contribution is 2.37. The summed E-state index contributed by atoms with van der Waals surface area (Å²) in [7, 11) is 0. The van der Waals surface area contributed by atoms with Crippen LogP contribution in [0.2, 0.25) is 0 Å². The van der Waals surface area contributed by atoms with Crippen molar-refractivity contribution in [3.05, 3.63) is 65.2 Å². The molecule has 1 aliphatic rings. The second-order valence-corrected chi connectivity index (χ2v) is 17.6. The highest BCUT2D eigenvalue weighted by molar-refractivity contribution is 6.01. The largest absolute Gasteiger partial charge is 0.396 e. The number of rotatable bonds is 33. The molecular weight excluding hydrogens is 913 g/mol. The second kappa shape index (κ2) is 34.6. The minimum atomic E-state index is -0.978. The van der Waals surface area contributed by atoms with Gasteiger partial charge in [-0.3, -0.25) is 24.0 Å². The molecule has 71 heavy (non-hydrogen) atoms. The van der Waals surface area contributed by atoms with Crippen molar-refractivity contribution >= 4 is 52.5 Å². The number of ketones is 1. The van der Waals surface area contributed by atoms with E-state index >= 15 is 0 Å². The van der Waals surface area contributed by atoms with E-state index in [2.05, 4.69) is 21.3 Å². The van der Waals surface area contributed by atoms with Gasteiger partial charge < -0.3 is 67.3 Å². The van der Waals surface area contributed by atoms with Crippen LogP contribution in [0.25, 0.3) is 11.4 Å². The first-order valence-electron chi connectivity index (χ1n) is 25.0. The van der Waals surface area contributed by atoms with Gasteiger partial charge >= 0.3 is 6.03 Å². The number of hydrogen-bond donors (Lipinski definition) is 8. The fraction of sp³-hybridized carbons (Fsp3) is 0.608. The molecule has 12 N–H and O–H groups in total. The molecule has 3 atom stereocenters. The van der Waals surface area contributed by atoms with Crippen molar-refractivity contribution < 1.29 is 47.7 Å². The summed E-state index contributed by atoms with van der Waals surface area (Å²) in [6.45, 7) is 16.5. The standard InChI is InChI=1S/C49H78N10O10.C2H6/c1-33(2)31-43(62)58-32-36-13-6-7-14-37(36)44(51)46(38-15-8-9-18-41(38)58)59(53)22-24-67-26-28-69-30-29-68-27-25-66-23-19-42(61)55-40(16-10-11-20-50)47(63)57-45(34(3)4)48(64)56-39(35(5)60)17-12-21-54-49(52)65;1-2/h6-9,13-15,18,33-34,39-40,45H,10-12,16-17,19-32,50-51,53H2,1-5H3,(H,55,61)(H,56,64)(H,57,63)(H3,52,54,65);1-2H3/b46-44-;. The molecule has 3 unspecified atom stereocenters. The molecule has 2 aromatic carbocycles. The Morgan fingerprint density at radius 2 is 1.30 bits per heavy atom. The zero-order chi connectivity index (χ0) is 52.7. The van der Waals surface area contributed by atoms with E-state index in [1.54, 1.807) is 18.9 Å². The fourth-order valence-electron chi connectivity index (χ4n) is 7.52. The topological polar surface area (TPSA) is 298 Å². The summed E-state index contributed by atoms with van der Waals surface area (Å²) < 4.78 is 22.7. The third kappa shape index (κ3) is 22.5. The lowest BCUT2D eigenvalue weighted by molar-refractivity contribution is -0.134. The normalized spacial score (nSPS) is 14.4. The molecule has 3 rings (SSSR count). The molecule has 0 bridgehead atoms. The number of fused-ring (bicyclic) bond motifs is 2. The predicted molar refractivity (Wildman–Crippen MR) is 276 cm³/mol. The molecule has 1 heterocycles. The number of carbonyl (C=O) groups is 6. The first kappa shape index (κ1) is 61.5. The molecule has 0 spiro atoms. The third-order valence-corrected chi connectivity index (χ3v) is 11.2. The highest BCUT2D eigenvalue weighted by atomic mass is 16.6. The van der Waals surface area contributed by atoms with Crippen LogP contribution in [-0.4, -0.2) is 131 Å². The Balaban J connectivity index is 0.00000852. The molecule has 0 aromatic heterocycles. The molecule has 398 valence electrons. The van der Waals surface area contributed by atoms with Gasteiger partial charge in [0.25, 0.3) is 0 Å². The van der Waals surface area contributed by atoms with E-state index in [-0.39, 0.29) is 62.7 Å². The van der Waals surface area contributed by atoms with Crippen LogP contribution < -0.4 is 49.2 Å². The van der Waals surface area contributed by atoms with Crippen molar-refractivity contribution in [3.8, 4) is 0 Å². The van der Waals surface area contributed by atoms with Gasteiger partial charge in [0.2, 0.25) is 23.6 Å². The monoisotopic (exact) mass is 997 g/mol. The Morgan fingerprint density at radius 3 is 1.89 bits per heavy atom. The van der Waals surface area contributed by atoms with Crippen LogP contribution in [0.15, 0.2) is 48.5 Å².